The number of carbonyl (C=O) groups excluding carboxylic acids is 1. The van der Waals surface area contributed by atoms with Crippen LogP contribution in [0.3, 0.4) is 0 Å². The number of rotatable bonds is 6. The van der Waals surface area contributed by atoms with Crippen LogP contribution in [0.2, 0.25) is 0 Å². The zero-order chi connectivity index (χ0) is 23.0. The Balaban J connectivity index is 1.68. The van der Waals surface area contributed by atoms with Crippen LogP contribution in [0.4, 0.5) is 5.82 Å². The normalized spacial score (nSPS) is 22.6. The first-order chi connectivity index (χ1) is 15.3. The first kappa shape index (κ1) is 23.0. The highest BCUT2D eigenvalue weighted by atomic mass is 16.5. The summed E-state index contributed by atoms with van der Waals surface area (Å²) in [6, 6.07) is 2.58. The van der Waals surface area contributed by atoms with E-state index in [2.05, 4.69) is 38.7 Å². The number of fused-ring (bicyclic) bond motifs is 1. The maximum atomic E-state index is 12.8. The number of nitrogens with zero attached hydrogens (tertiary/aromatic N) is 4. The first-order valence-electron chi connectivity index (χ1n) is 11.9. The lowest BCUT2D eigenvalue weighted by Gasteiger charge is -2.44. The minimum absolute atomic E-state index is 0.0848. The molecule has 1 aromatic rings. The highest BCUT2D eigenvalue weighted by Gasteiger charge is 2.39. The molecule has 0 bridgehead atoms. The predicted molar refractivity (Wildman–Crippen MR) is 123 cm³/mol. The number of nitriles is 1. The molecule has 1 amide bonds. The maximum Gasteiger partial charge on any atom is 0.225 e. The topological polar surface area (TPSA) is 78.7 Å². The van der Waals surface area contributed by atoms with E-state index in [0.29, 0.717) is 56.7 Å². The number of carbonyl (C=O) groups is 1. The SMILES string of the molecule is COCCC(=O)N1CCN(c2nc(C3CC3)c3c(c2C#N)CC(C)(C)OC3)C[C@H]1C(C)C. The minimum atomic E-state index is -0.287. The van der Waals surface area contributed by atoms with Gasteiger partial charge < -0.3 is 19.3 Å². The number of ether oxygens (including phenoxy) is 2. The maximum absolute atomic E-state index is 12.8. The Hall–Kier alpha value is -2.17. The van der Waals surface area contributed by atoms with Crippen LogP contribution in [0.25, 0.3) is 0 Å². The predicted octanol–water partition coefficient (Wildman–Crippen LogP) is 3.39. The smallest absolute Gasteiger partial charge is 0.225 e. The number of hydrogen-bond donors (Lipinski definition) is 0. The highest BCUT2D eigenvalue weighted by Crippen LogP contribution is 2.46. The molecule has 3 aliphatic rings. The van der Waals surface area contributed by atoms with Crippen LogP contribution in [0.1, 0.15) is 75.3 Å². The Kier molecular flexibility index (Phi) is 6.46. The lowest BCUT2D eigenvalue weighted by atomic mass is 9.87. The molecule has 174 valence electrons. The molecular formula is C25H36N4O3. The van der Waals surface area contributed by atoms with Crippen molar-refractivity contribution in [3.63, 3.8) is 0 Å². The van der Waals surface area contributed by atoms with Crippen molar-refractivity contribution in [3.8, 4) is 6.07 Å². The molecule has 1 aliphatic carbocycles. The van der Waals surface area contributed by atoms with Gasteiger partial charge in [0.25, 0.3) is 0 Å². The van der Waals surface area contributed by atoms with Crippen molar-refractivity contribution in [3.05, 3.63) is 22.4 Å². The molecule has 0 radical (unpaired) electrons. The van der Waals surface area contributed by atoms with Crippen molar-refractivity contribution >= 4 is 11.7 Å². The summed E-state index contributed by atoms with van der Waals surface area (Å²) in [5.74, 6) is 1.74. The van der Waals surface area contributed by atoms with Gasteiger partial charge in [0.05, 0.1) is 42.5 Å². The van der Waals surface area contributed by atoms with Crippen LogP contribution in [0.5, 0.6) is 0 Å². The molecule has 0 unspecified atom stereocenters. The summed E-state index contributed by atoms with van der Waals surface area (Å²) in [6.07, 6.45) is 3.44. The summed E-state index contributed by atoms with van der Waals surface area (Å²) in [5.41, 5.74) is 3.80. The standard InChI is InChI=1S/C25H36N4O3/c1-16(2)21-14-28(9-10-29(21)22(30)8-11-31-5)24-19(13-26)18-12-25(3,4)32-15-20(18)23(27-24)17-6-7-17/h16-17,21H,6-12,14-15H2,1-5H3/t21-/m0/s1. The fourth-order valence-electron chi connectivity index (χ4n) is 5.03. The van der Waals surface area contributed by atoms with Crippen molar-refractivity contribution in [2.45, 2.75) is 77.5 Å². The van der Waals surface area contributed by atoms with Gasteiger partial charge in [-0.15, -0.1) is 0 Å². The van der Waals surface area contributed by atoms with Gasteiger partial charge in [0, 0.05) is 44.6 Å². The van der Waals surface area contributed by atoms with Crippen LogP contribution in [-0.2, 0) is 27.3 Å². The number of piperazine rings is 1. The van der Waals surface area contributed by atoms with Crippen molar-refractivity contribution < 1.29 is 14.3 Å². The third kappa shape index (κ3) is 4.49. The molecule has 1 aromatic heterocycles. The van der Waals surface area contributed by atoms with E-state index in [1.54, 1.807) is 7.11 Å². The van der Waals surface area contributed by atoms with Gasteiger partial charge in [0.1, 0.15) is 11.9 Å². The molecule has 0 N–H and O–H groups in total. The lowest BCUT2D eigenvalue weighted by molar-refractivity contribution is -0.135. The minimum Gasteiger partial charge on any atom is -0.384 e. The summed E-state index contributed by atoms with van der Waals surface area (Å²) < 4.78 is 11.2. The summed E-state index contributed by atoms with van der Waals surface area (Å²) in [5, 5.41) is 10.2. The van der Waals surface area contributed by atoms with Crippen molar-refractivity contribution in [2.24, 2.45) is 5.92 Å². The van der Waals surface area contributed by atoms with E-state index in [-0.39, 0.29) is 17.6 Å². The second kappa shape index (κ2) is 8.99. The Bertz CT molecular complexity index is 917. The average molecular weight is 441 g/mol. The summed E-state index contributed by atoms with van der Waals surface area (Å²) in [4.78, 5) is 22.2. The largest absolute Gasteiger partial charge is 0.384 e. The van der Waals surface area contributed by atoms with E-state index in [1.165, 1.54) is 0 Å². The monoisotopic (exact) mass is 440 g/mol. The van der Waals surface area contributed by atoms with E-state index in [1.807, 2.05) is 4.90 Å². The summed E-state index contributed by atoms with van der Waals surface area (Å²) >= 11 is 0. The van der Waals surface area contributed by atoms with Gasteiger partial charge in [0.2, 0.25) is 5.91 Å². The number of methoxy groups -OCH3 is 1. The molecule has 32 heavy (non-hydrogen) atoms. The quantitative estimate of drug-likeness (QED) is 0.675. The van der Waals surface area contributed by atoms with Gasteiger partial charge in [-0.1, -0.05) is 13.8 Å². The van der Waals surface area contributed by atoms with E-state index < -0.39 is 0 Å². The Labute approximate surface area is 191 Å². The van der Waals surface area contributed by atoms with Gasteiger partial charge in [0.15, 0.2) is 0 Å². The van der Waals surface area contributed by atoms with Crippen molar-refractivity contribution in [1.29, 1.82) is 5.26 Å². The molecule has 0 spiro atoms. The molecule has 2 aliphatic heterocycles. The number of hydrogen-bond acceptors (Lipinski definition) is 6. The van der Waals surface area contributed by atoms with Gasteiger partial charge in [-0.25, -0.2) is 4.98 Å². The third-order valence-corrected chi connectivity index (χ3v) is 7.04. The molecule has 2 fully saturated rings. The summed E-state index contributed by atoms with van der Waals surface area (Å²) in [6.45, 7) is 11.5. The van der Waals surface area contributed by atoms with E-state index >= 15 is 0 Å². The van der Waals surface area contributed by atoms with Gasteiger partial charge in [-0.3, -0.25) is 4.79 Å². The van der Waals surface area contributed by atoms with Gasteiger partial charge in [-0.05, 0) is 38.2 Å². The fraction of sp³-hybridized carbons (Fsp3) is 0.720. The highest BCUT2D eigenvalue weighted by molar-refractivity contribution is 5.77. The molecule has 7 nitrogen and oxygen atoms in total. The summed E-state index contributed by atoms with van der Waals surface area (Å²) in [7, 11) is 1.63. The van der Waals surface area contributed by atoms with Crippen LogP contribution < -0.4 is 4.90 Å². The second-order valence-electron chi connectivity index (χ2n) is 10.4. The third-order valence-electron chi connectivity index (χ3n) is 7.04. The number of amides is 1. The Morgan fingerprint density at radius 1 is 1.31 bits per heavy atom. The lowest BCUT2D eigenvalue weighted by Crippen LogP contribution is -2.57. The average Bonchev–Trinajstić information content (AvgIpc) is 3.60. The van der Waals surface area contributed by atoms with Crippen molar-refractivity contribution in [2.75, 3.05) is 38.3 Å². The van der Waals surface area contributed by atoms with Crippen LogP contribution in [-0.4, -0.2) is 60.8 Å². The van der Waals surface area contributed by atoms with E-state index in [0.717, 1.165) is 41.9 Å². The van der Waals surface area contributed by atoms with Crippen LogP contribution in [0, 0.1) is 17.2 Å². The fourth-order valence-corrected chi connectivity index (χ4v) is 5.03. The molecule has 4 rings (SSSR count). The molecular weight excluding hydrogens is 404 g/mol. The molecule has 3 heterocycles. The van der Waals surface area contributed by atoms with E-state index in [4.69, 9.17) is 14.5 Å². The van der Waals surface area contributed by atoms with Crippen LogP contribution >= 0.6 is 0 Å². The molecule has 1 saturated carbocycles. The first-order valence-corrected chi connectivity index (χ1v) is 11.9. The molecule has 7 heteroatoms. The molecule has 1 saturated heterocycles. The van der Waals surface area contributed by atoms with Gasteiger partial charge >= 0.3 is 0 Å². The zero-order valence-electron chi connectivity index (χ0n) is 20.1. The Morgan fingerprint density at radius 2 is 2.06 bits per heavy atom. The molecule has 1 atom stereocenters. The number of anilines is 1. The Morgan fingerprint density at radius 3 is 2.69 bits per heavy atom. The van der Waals surface area contributed by atoms with Crippen LogP contribution in [0.15, 0.2) is 0 Å². The number of aromatic nitrogens is 1. The second-order valence-corrected chi connectivity index (χ2v) is 10.4. The van der Waals surface area contributed by atoms with E-state index in [9.17, 15) is 10.1 Å². The zero-order valence-corrected chi connectivity index (χ0v) is 20.1. The van der Waals surface area contributed by atoms with Crippen molar-refractivity contribution in [1.82, 2.24) is 9.88 Å². The number of pyridine rings is 1. The molecule has 0 aromatic carbocycles. The van der Waals surface area contributed by atoms with Gasteiger partial charge in [-0.2, -0.15) is 5.26 Å².